The van der Waals surface area contributed by atoms with Crippen molar-refractivity contribution in [2.75, 3.05) is 0 Å². The molecule has 2 N–H and O–H groups in total. The molecule has 3 aromatic heterocycles. The Morgan fingerprint density at radius 2 is 2.00 bits per heavy atom. The average Bonchev–Trinajstić information content (AvgIpc) is 3.07. The van der Waals surface area contributed by atoms with Crippen molar-refractivity contribution in [3.63, 3.8) is 0 Å². The third-order valence-corrected chi connectivity index (χ3v) is 4.79. The Balaban J connectivity index is 1.82. The number of nitrogens with zero attached hydrogens (tertiary/aromatic N) is 3. The van der Waals surface area contributed by atoms with E-state index >= 15 is 0 Å². The number of H-pyrrole nitrogens is 2. The first-order valence-corrected chi connectivity index (χ1v) is 8.05. The van der Waals surface area contributed by atoms with Gasteiger partial charge < -0.3 is 0 Å². The van der Waals surface area contributed by atoms with Gasteiger partial charge >= 0.3 is 0 Å². The van der Waals surface area contributed by atoms with Gasteiger partial charge in [-0.15, -0.1) is 0 Å². The third kappa shape index (κ3) is 2.04. The molecule has 0 aliphatic heterocycles. The topological polar surface area (TPSA) is 70.2 Å². The Kier molecular flexibility index (Phi) is 2.59. The fourth-order valence-electron chi connectivity index (χ4n) is 3.38. The van der Waals surface area contributed by atoms with Crippen molar-refractivity contribution in [3.8, 4) is 11.3 Å². The van der Waals surface area contributed by atoms with Gasteiger partial charge in [-0.05, 0) is 55.9 Å². The monoisotopic (exact) mass is 303 g/mol. The maximum Gasteiger partial charge on any atom is 0.0746 e. The number of hydrogen-bond donors (Lipinski definition) is 2. The number of nitrogens with one attached hydrogen (secondary N) is 2. The predicted octanol–water partition coefficient (Wildman–Crippen LogP) is 3.76. The summed E-state index contributed by atoms with van der Waals surface area (Å²) in [5.41, 5.74) is 6.62. The van der Waals surface area contributed by atoms with Gasteiger partial charge in [0, 0.05) is 22.0 Å². The number of pyridine rings is 1. The van der Waals surface area contributed by atoms with Gasteiger partial charge in [-0.2, -0.15) is 10.2 Å². The van der Waals surface area contributed by atoms with Crippen molar-refractivity contribution in [2.45, 2.75) is 26.2 Å². The first-order valence-electron chi connectivity index (χ1n) is 8.05. The SMILES string of the molecule is Cc1[nH]ncc1-c1cc(CC2CC2)c2c(ccc3[nH]ncc32)n1. The van der Waals surface area contributed by atoms with E-state index in [-0.39, 0.29) is 0 Å². The van der Waals surface area contributed by atoms with Crippen LogP contribution >= 0.6 is 0 Å². The molecule has 0 spiro atoms. The second-order valence-electron chi connectivity index (χ2n) is 6.51. The number of aromatic nitrogens is 5. The summed E-state index contributed by atoms with van der Waals surface area (Å²) in [6.45, 7) is 2.04. The van der Waals surface area contributed by atoms with Crippen molar-refractivity contribution in [1.29, 1.82) is 0 Å². The molecule has 1 fully saturated rings. The highest BCUT2D eigenvalue weighted by Gasteiger charge is 2.24. The molecule has 1 aliphatic carbocycles. The molecule has 0 radical (unpaired) electrons. The molecule has 0 saturated heterocycles. The zero-order valence-electron chi connectivity index (χ0n) is 12.9. The Morgan fingerprint density at radius 3 is 2.78 bits per heavy atom. The molecular formula is C18H17N5. The van der Waals surface area contributed by atoms with E-state index < -0.39 is 0 Å². The maximum absolute atomic E-state index is 4.89. The molecule has 23 heavy (non-hydrogen) atoms. The second-order valence-corrected chi connectivity index (χ2v) is 6.51. The second kappa shape index (κ2) is 4.65. The van der Waals surface area contributed by atoms with Crippen LogP contribution in [0.4, 0.5) is 0 Å². The van der Waals surface area contributed by atoms with Crippen molar-refractivity contribution in [1.82, 2.24) is 25.4 Å². The molecule has 5 rings (SSSR count). The zero-order valence-corrected chi connectivity index (χ0v) is 12.9. The molecule has 1 aromatic carbocycles. The first kappa shape index (κ1) is 12.8. The number of rotatable bonds is 3. The van der Waals surface area contributed by atoms with Gasteiger partial charge in [0.2, 0.25) is 0 Å². The van der Waals surface area contributed by atoms with Crippen LogP contribution in [0.3, 0.4) is 0 Å². The molecule has 3 heterocycles. The van der Waals surface area contributed by atoms with E-state index in [1.807, 2.05) is 19.3 Å². The standard InChI is InChI=1S/C18H17N5/c1-10-13(8-19-22-10)17-7-12(6-11-2-3-11)18-14-9-20-23-15(14)4-5-16(18)21-17/h4-5,7-9,11H,2-3,6H2,1H3,(H,19,22)(H,20,23). The van der Waals surface area contributed by atoms with Crippen LogP contribution in [0, 0.1) is 12.8 Å². The van der Waals surface area contributed by atoms with Gasteiger partial charge in [-0.25, -0.2) is 4.98 Å². The summed E-state index contributed by atoms with van der Waals surface area (Å²) in [6, 6.07) is 6.39. The minimum Gasteiger partial charge on any atom is -0.282 e. The Morgan fingerprint density at radius 1 is 1.13 bits per heavy atom. The number of aromatic amines is 2. The minimum atomic E-state index is 0.820. The molecule has 1 saturated carbocycles. The van der Waals surface area contributed by atoms with Crippen LogP contribution in [0.1, 0.15) is 24.1 Å². The van der Waals surface area contributed by atoms with E-state index in [9.17, 15) is 0 Å². The largest absolute Gasteiger partial charge is 0.282 e. The quantitative estimate of drug-likeness (QED) is 0.605. The van der Waals surface area contributed by atoms with Crippen molar-refractivity contribution >= 4 is 21.8 Å². The number of fused-ring (bicyclic) bond motifs is 3. The predicted molar refractivity (Wildman–Crippen MR) is 90.1 cm³/mol. The van der Waals surface area contributed by atoms with Crippen molar-refractivity contribution in [3.05, 3.63) is 41.9 Å². The molecule has 1 aliphatic rings. The third-order valence-electron chi connectivity index (χ3n) is 4.79. The molecule has 0 amide bonds. The summed E-state index contributed by atoms with van der Waals surface area (Å²) in [5, 5.41) is 16.8. The number of benzene rings is 1. The lowest BCUT2D eigenvalue weighted by Gasteiger charge is -2.10. The van der Waals surface area contributed by atoms with Crippen LogP contribution in [0.15, 0.2) is 30.6 Å². The smallest absolute Gasteiger partial charge is 0.0746 e. The van der Waals surface area contributed by atoms with Crippen LogP contribution < -0.4 is 0 Å². The molecule has 0 atom stereocenters. The van der Waals surface area contributed by atoms with E-state index in [1.54, 1.807) is 0 Å². The number of aryl methyl sites for hydroxylation is 1. The van der Waals surface area contributed by atoms with E-state index in [0.717, 1.165) is 40.3 Å². The molecule has 114 valence electrons. The molecule has 5 nitrogen and oxygen atoms in total. The Hall–Kier alpha value is -2.69. The van der Waals surface area contributed by atoms with Crippen LogP contribution in [0.5, 0.6) is 0 Å². The summed E-state index contributed by atoms with van der Waals surface area (Å²) in [5.74, 6) is 0.820. The molecule has 0 bridgehead atoms. The van der Waals surface area contributed by atoms with Crippen LogP contribution in [-0.2, 0) is 6.42 Å². The normalized spacial score (nSPS) is 14.8. The molecule has 4 aromatic rings. The van der Waals surface area contributed by atoms with Gasteiger partial charge in [-0.1, -0.05) is 0 Å². The van der Waals surface area contributed by atoms with Gasteiger partial charge in [0.25, 0.3) is 0 Å². The van der Waals surface area contributed by atoms with Crippen molar-refractivity contribution < 1.29 is 0 Å². The van der Waals surface area contributed by atoms with E-state index in [1.165, 1.54) is 29.2 Å². The Bertz CT molecular complexity index is 1020. The summed E-state index contributed by atoms with van der Waals surface area (Å²) < 4.78 is 0. The lowest BCUT2D eigenvalue weighted by atomic mass is 9.98. The van der Waals surface area contributed by atoms with E-state index in [4.69, 9.17) is 4.98 Å². The fraction of sp³-hybridized carbons (Fsp3) is 0.278. The highest BCUT2D eigenvalue weighted by Crippen LogP contribution is 2.37. The minimum absolute atomic E-state index is 0.820. The average molecular weight is 303 g/mol. The van der Waals surface area contributed by atoms with Gasteiger partial charge in [-0.3, -0.25) is 10.2 Å². The van der Waals surface area contributed by atoms with Crippen LogP contribution in [0.2, 0.25) is 0 Å². The van der Waals surface area contributed by atoms with Crippen molar-refractivity contribution in [2.24, 2.45) is 5.92 Å². The Labute approximate surface area is 133 Å². The van der Waals surface area contributed by atoms with E-state index in [0.29, 0.717) is 0 Å². The summed E-state index contributed by atoms with van der Waals surface area (Å²) in [7, 11) is 0. The lowest BCUT2D eigenvalue weighted by Crippen LogP contribution is -1.95. The first-order chi connectivity index (χ1) is 11.3. The number of hydrogen-bond acceptors (Lipinski definition) is 3. The van der Waals surface area contributed by atoms with Crippen LogP contribution in [0.25, 0.3) is 33.1 Å². The van der Waals surface area contributed by atoms with Gasteiger partial charge in [0.15, 0.2) is 0 Å². The highest BCUT2D eigenvalue weighted by molar-refractivity contribution is 6.07. The summed E-state index contributed by atoms with van der Waals surface area (Å²) in [4.78, 5) is 4.89. The maximum atomic E-state index is 4.89. The highest BCUT2D eigenvalue weighted by atomic mass is 15.1. The lowest BCUT2D eigenvalue weighted by molar-refractivity contribution is 0.838. The summed E-state index contributed by atoms with van der Waals surface area (Å²) >= 11 is 0. The van der Waals surface area contributed by atoms with Gasteiger partial charge in [0.05, 0.1) is 29.1 Å². The summed E-state index contributed by atoms with van der Waals surface area (Å²) in [6.07, 6.45) is 7.57. The fourth-order valence-corrected chi connectivity index (χ4v) is 3.38. The molecule has 0 unspecified atom stereocenters. The molecule has 5 heteroatoms. The zero-order chi connectivity index (χ0) is 15.4. The van der Waals surface area contributed by atoms with Gasteiger partial charge in [0.1, 0.15) is 0 Å². The van der Waals surface area contributed by atoms with E-state index in [2.05, 4.69) is 38.6 Å². The molecular weight excluding hydrogens is 286 g/mol. The van der Waals surface area contributed by atoms with Crippen LogP contribution in [-0.4, -0.2) is 25.4 Å².